The molecule has 1 saturated heterocycles. The van der Waals surface area contributed by atoms with E-state index in [1.54, 1.807) is 17.4 Å². The van der Waals surface area contributed by atoms with Crippen LogP contribution < -0.4 is 4.72 Å². The highest BCUT2D eigenvalue weighted by atomic mass is 32.2. The molecule has 1 fully saturated rings. The van der Waals surface area contributed by atoms with Gasteiger partial charge in [-0.25, -0.2) is 13.1 Å². The lowest BCUT2D eigenvalue weighted by Crippen LogP contribution is -2.43. The fourth-order valence-corrected chi connectivity index (χ4v) is 5.72. The number of benzene rings is 1. The van der Waals surface area contributed by atoms with E-state index in [2.05, 4.69) is 15.7 Å². The number of nitrogens with zero attached hydrogens (tertiary/aromatic N) is 1. The molecule has 1 atom stereocenters. The van der Waals surface area contributed by atoms with Gasteiger partial charge in [-0.1, -0.05) is 12.1 Å². The highest BCUT2D eigenvalue weighted by Crippen LogP contribution is 2.27. The molecule has 0 bridgehead atoms. The van der Waals surface area contributed by atoms with Gasteiger partial charge in [0.25, 0.3) is 0 Å². The lowest BCUT2D eigenvalue weighted by molar-refractivity contribution is 0.0179. The summed E-state index contributed by atoms with van der Waals surface area (Å²) in [5, 5.41) is 2.04. The topological polar surface area (TPSA) is 58.6 Å². The smallest absolute Gasteiger partial charge is 0.240 e. The van der Waals surface area contributed by atoms with Gasteiger partial charge in [-0.05, 0) is 54.0 Å². The Hall–Kier alpha value is -1.25. The van der Waals surface area contributed by atoms with Crippen LogP contribution >= 0.6 is 11.3 Å². The average molecular weight is 393 g/mol. The Kier molecular flexibility index (Phi) is 5.42. The molecule has 2 aliphatic rings. The van der Waals surface area contributed by atoms with Gasteiger partial charge in [-0.3, -0.25) is 4.90 Å². The highest BCUT2D eigenvalue weighted by molar-refractivity contribution is 7.89. The van der Waals surface area contributed by atoms with E-state index in [9.17, 15) is 8.42 Å². The van der Waals surface area contributed by atoms with E-state index in [0.717, 1.165) is 32.4 Å². The number of fused-ring (bicyclic) bond motifs is 1. The van der Waals surface area contributed by atoms with E-state index in [0.29, 0.717) is 24.7 Å². The van der Waals surface area contributed by atoms with Crippen molar-refractivity contribution in [2.45, 2.75) is 30.2 Å². The first-order valence-electron chi connectivity index (χ1n) is 9.10. The number of hydrogen-bond donors (Lipinski definition) is 1. The predicted molar refractivity (Wildman–Crippen MR) is 103 cm³/mol. The Morgan fingerprint density at radius 1 is 1.15 bits per heavy atom. The third kappa shape index (κ3) is 3.87. The first kappa shape index (κ1) is 18.1. The van der Waals surface area contributed by atoms with Gasteiger partial charge in [-0.15, -0.1) is 11.3 Å². The molecule has 0 saturated carbocycles. The maximum Gasteiger partial charge on any atom is 0.240 e. The second-order valence-electron chi connectivity index (χ2n) is 6.82. The molecule has 5 nitrogen and oxygen atoms in total. The molecule has 0 amide bonds. The summed E-state index contributed by atoms with van der Waals surface area (Å²) in [7, 11) is -3.51. The molecule has 0 radical (unpaired) electrons. The van der Waals surface area contributed by atoms with Gasteiger partial charge in [0, 0.05) is 24.5 Å². The van der Waals surface area contributed by atoms with Crippen molar-refractivity contribution < 1.29 is 13.2 Å². The Bertz CT molecular complexity index is 844. The zero-order chi connectivity index (χ0) is 18.0. The van der Waals surface area contributed by atoms with Crippen LogP contribution in [0.5, 0.6) is 0 Å². The van der Waals surface area contributed by atoms with Gasteiger partial charge >= 0.3 is 0 Å². The summed E-state index contributed by atoms with van der Waals surface area (Å²) in [6, 6.07) is 9.69. The van der Waals surface area contributed by atoms with Crippen molar-refractivity contribution in [2.24, 2.45) is 0 Å². The quantitative estimate of drug-likeness (QED) is 0.821. The summed E-state index contributed by atoms with van der Waals surface area (Å²) < 4.78 is 34.0. The van der Waals surface area contributed by atoms with Crippen LogP contribution in [0.15, 0.2) is 40.6 Å². The molecular formula is C19H24N2O3S2. The first-order chi connectivity index (χ1) is 12.6. The number of nitrogens with one attached hydrogen (secondary N) is 1. The van der Waals surface area contributed by atoms with Crippen molar-refractivity contribution in [1.82, 2.24) is 9.62 Å². The number of ether oxygens (including phenoxy) is 1. The van der Waals surface area contributed by atoms with Crippen LogP contribution in [0.25, 0.3) is 0 Å². The van der Waals surface area contributed by atoms with Crippen LogP contribution in [0, 0.1) is 0 Å². The van der Waals surface area contributed by atoms with Gasteiger partial charge in [0.15, 0.2) is 0 Å². The Balaban J connectivity index is 1.51. The van der Waals surface area contributed by atoms with Gasteiger partial charge in [0.1, 0.15) is 0 Å². The zero-order valence-electron chi connectivity index (χ0n) is 14.7. The summed E-state index contributed by atoms with van der Waals surface area (Å²) in [5.74, 6) is 0. The third-order valence-electron chi connectivity index (χ3n) is 5.21. The van der Waals surface area contributed by atoms with Crippen molar-refractivity contribution in [3.05, 3.63) is 51.7 Å². The number of rotatable bonds is 6. The van der Waals surface area contributed by atoms with Crippen LogP contribution in [0.2, 0.25) is 0 Å². The normalized spacial score (nSPS) is 19.4. The fraction of sp³-hybridized carbons (Fsp3) is 0.474. The summed E-state index contributed by atoms with van der Waals surface area (Å²) in [4.78, 5) is 3.87. The third-order valence-corrected chi connectivity index (χ3v) is 7.60. The van der Waals surface area contributed by atoms with Gasteiger partial charge < -0.3 is 4.74 Å². The molecule has 1 aliphatic heterocycles. The van der Waals surface area contributed by atoms with Crippen molar-refractivity contribution in [1.29, 1.82) is 0 Å². The minimum absolute atomic E-state index is 0.0445. The molecule has 2 aromatic rings. The molecule has 1 unspecified atom stereocenters. The predicted octanol–water partition coefficient (Wildman–Crippen LogP) is 2.59. The molecule has 26 heavy (non-hydrogen) atoms. The monoisotopic (exact) mass is 392 g/mol. The van der Waals surface area contributed by atoms with E-state index in [4.69, 9.17) is 4.74 Å². The summed E-state index contributed by atoms with van der Waals surface area (Å²) in [5.41, 5.74) is 2.46. The Labute approximate surface area is 159 Å². The second kappa shape index (κ2) is 7.78. The molecule has 1 N–H and O–H groups in total. The number of thiophene rings is 1. The number of morpholine rings is 1. The van der Waals surface area contributed by atoms with Crippen LogP contribution in [-0.4, -0.2) is 46.2 Å². The number of aryl methyl sites for hydroxylation is 2. The second-order valence-corrected chi connectivity index (χ2v) is 9.56. The summed E-state index contributed by atoms with van der Waals surface area (Å²) >= 11 is 1.67. The van der Waals surface area contributed by atoms with E-state index in [1.807, 2.05) is 23.6 Å². The zero-order valence-corrected chi connectivity index (χ0v) is 16.3. The Morgan fingerprint density at radius 2 is 1.96 bits per heavy atom. The molecule has 1 aliphatic carbocycles. The molecule has 0 spiro atoms. The largest absolute Gasteiger partial charge is 0.379 e. The maximum absolute atomic E-state index is 12.8. The molecule has 4 rings (SSSR count). The lowest BCUT2D eigenvalue weighted by atomic mass is 10.1. The van der Waals surface area contributed by atoms with Gasteiger partial charge in [-0.2, -0.15) is 0 Å². The standard InChI is InChI=1S/C19H24N2O3S2/c22-26(23,17-7-6-15-3-1-4-16(15)13-17)20-14-18(19-5-2-12-25-19)21-8-10-24-11-9-21/h2,5-7,12-13,18,20H,1,3-4,8-11,14H2. The van der Waals surface area contributed by atoms with E-state index < -0.39 is 10.0 Å². The van der Waals surface area contributed by atoms with E-state index in [-0.39, 0.29) is 6.04 Å². The Morgan fingerprint density at radius 3 is 2.73 bits per heavy atom. The minimum Gasteiger partial charge on any atom is -0.379 e. The first-order valence-corrected chi connectivity index (χ1v) is 11.5. The molecule has 2 heterocycles. The molecular weight excluding hydrogens is 368 g/mol. The summed E-state index contributed by atoms with van der Waals surface area (Å²) in [6.07, 6.45) is 3.15. The van der Waals surface area contributed by atoms with Crippen molar-refractivity contribution in [3.8, 4) is 0 Å². The average Bonchev–Trinajstić information content (AvgIpc) is 3.34. The van der Waals surface area contributed by atoms with Crippen LogP contribution in [0.4, 0.5) is 0 Å². The van der Waals surface area contributed by atoms with Crippen molar-refractivity contribution >= 4 is 21.4 Å². The summed E-state index contributed by atoms with van der Waals surface area (Å²) in [6.45, 7) is 3.41. The molecule has 1 aromatic heterocycles. The molecule has 7 heteroatoms. The fourth-order valence-electron chi connectivity index (χ4n) is 3.77. The lowest BCUT2D eigenvalue weighted by Gasteiger charge is -2.34. The SMILES string of the molecule is O=S(=O)(NCC(c1cccs1)N1CCOCC1)c1ccc2c(c1)CCC2. The number of hydrogen-bond acceptors (Lipinski definition) is 5. The maximum atomic E-state index is 12.8. The molecule has 1 aromatic carbocycles. The highest BCUT2D eigenvalue weighted by Gasteiger charge is 2.26. The van der Waals surface area contributed by atoms with Crippen molar-refractivity contribution in [3.63, 3.8) is 0 Å². The molecule has 140 valence electrons. The minimum atomic E-state index is -3.51. The number of sulfonamides is 1. The van der Waals surface area contributed by atoms with E-state index >= 15 is 0 Å². The van der Waals surface area contributed by atoms with Crippen LogP contribution in [0.3, 0.4) is 0 Å². The van der Waals surface area contributed by atoms with Gasteiger partial charge in [0.05, 0.1) is 24.2 Å². The van der Waals surface area contributed by atoms with Crippen LogP contribution in [-0.2, 0) is 27.6 Å². The van der Waals surface area contributed by atoms with E-state index in [1.165, 1.54) is 16.0 Å². The van der Waals surface area contributed by atoms with Gasteiger partial charge in [0.2, 0.25) is 10.0 Å². The van der Waals surface area contributed by atoms with Crippen LogP contribution in [0.1, 0.15) is 28.5 Å². The van der Waals surface area contributed by atoms with Crippen molar-refractivity contribution in [2.75, 3.05) is 32.8 Å².